The number of hydrogen-bond acceptors (Lipinski definition) is 5. The van der Waals surface area contributed by atoms with Gasteiger partial charge in [0.05, 0.1) is 37.2 Å². The average Bonchev–Trinajstić information content (AvgIpc) is 3.63. The minimum Gasteiger partial charge on any atom is -0.497 e. The highest BCUT2D eigenvalue weighted by molar-refractivity contribution is 5.81. The molecule has 168 valence electrons. The summed E-state index contributed by atoms with van der Waals surface area (Å²) in [5, 5.41) is 4.76. The van der Waals surface area contributed by atoms with Crippen molar-refractivity contribution in [2.75, 3.05) is 27.4 Å². The molecule has 0 radical (unpaired) electrons. The normalized spacial score (nSPS) is 13.1. The Morgan fingerprint density at radius 2 is 1.84 bits per heavy atom. The number of carbonyl (C=O) groups excluding carboxylic acids is 1. The Labute approximate surface area is 188 Å². The van der Waals surface area contributed by atoms with Gasteiger partial charge in [0.2, 0.25) is 11.8 Å². The largest absolute Gasteiger partial charge is 0.497 e. The third kappa shape index (κ3) is 4.94. The van der Waals surface area contributed by atoms with Crippen LogP contribution in [0.15, 0.2) is 54.6 Å². The smallest absolute Gasteiger partial charge is 0.227 e. The highest BCUT2D eigenvalue weighted by Gasteiger charge is 2.34. The second-order valence-electron chi connectivity index (χ2n) is 7.92. The van der Waals surface area contributed by atoms with Gasteiger partial charge in [-0.25, -0.2) is 4.68 Å². The monoisotopic (exact) mass is 435 g/mol. The summed E-state index contributed by atoms with van der Waals surface area (Å²) in [5.74, 6) is 2.23. The van der Waals surface area contributed by atoms with Crippen molar-refractivity contribution in [3.05, 3.63) is 65.9 Å². The minimum absolute atomic E-state index is 0.124. The van der Waals surface area contributed by atoms with E-state index < -0.39 is 0 Å². The first-order chi connectivity index (χ1) is 15.6. The summed E-state index contributed by atoms with van der Waals surface area (Å²) in [5.41, 5.74) is 2.58. The molecule has 4 rings (SSSR count). The van der Waals surface area contributed by atoms with Gasteiger partial charge in [-0.2, -0.15) is 5.10 Å². The lowest BCUT2D eigenvalue weighted by atomic mass is 10.2. The third-order valence-electron chi connectivity index (χ3n) is 5.55. The Morgan fingerprint density at radius 3 is 2.53 bits per heavy atom. The molecule has 1 aromatic heterocycles. The number of nitrogens with zero attached hydrogens (tertiary/aromatic N) is 3. The highest BCUT2D eigenvalue weighted by Crippen LogP contribution is 2.35. The van der Waals surface area contributed by atoms with Crippen molar-refractivity contribution in [1.82, 2.24) is 14.7 Å². The van der Waals surface area contributed by atoms with Crippen LogP contribution in [-0.4, -0.2) is 48.0 Å². The lowest BCUT2D eigenvalue weighted by molar-refractivity contribution is -0.133. The molecule has 1 saturated carbocycles. The number of ether oxygens (including phenoxy) is 3. The zero-order valence-corrected chi connectivity index (χ0v) is 18.8. The molecule has 1 aliphatic carbocycles. The van der Waals surface area contributed by atoms with E-state index in [0.717, 1.165) is 29.8 Å². The van der Waals surface area contributed by atoms with Gasteiger partial charge in [0.1, 0.15) is 11.5 Å². The predicted octanol–water partition coefficient (Wildman–Crippen LogP) is 4.37. The van der Waals surface area contributed by atoms with Gasteiger partial charge >= 0.3 is 0 Å². The van der Waals surface area contributed by atoms with Gasteiger partial charge in [0.15, 0.2) is 0 Å². The first-order valence-corrected chi connectivity index (χ1v) is 10.8. The number of hydrogen-bond donors (Lipinski definition) is 0. The Balaban J connectivity index is 1.73. The SMILES string of the molecule is COCCN(Cc1c(C)nn(-c2ccccc2)c1Oc1cccc(OC)c1)C(=O)C1CC1. The van der Waals surface area contributed by atoms with Crippen LogP contribution < -0.4 is 9.47 Å². The summed E-state index contributed by atoms with van der Waals surface area (Å²) in [7, 11) is 3.27. The number of methoxy groups -OCH3 is 2. The summed E-state index contributed by atoms with van der Waals surface area (Å²) in [6.07, 6.45) is 1.91. The van der Waals surface area contributed by atoms with E-state index >= 15 is 0 Å². The maximum absolute atomic E-state index is 12.9. The number of carbonyl (C=O) groups is 1. The van der Waals surface area contributed by atoms with E-state index in [1.54, 1.807) is 18.9 Å². The molecule has 1 fully saturated rings. The van der Waals surface area contributed by atoms with Gasteiger partial charge in [0.25, 0.3) is 0 Å². The molecule has 1 aliphatic rings. The molecule has 0 aliphatic heterocycles. The van der Waals surface area contributed by atoms with E-state index in [-0.39, 0.29) is 11.8 Å². The first kappa shape index (κ1) is 21.9. The zero-order valence-electron chi connectivity index (χ0n) is 18.8. The Hall–Kier alpha value is -3.32. The molecule has 0 saturated heterocycles. The molecule has 7 heteroatoms. The van der Waals surface area contributed by atoms with Crippen LogP contribution in [0.1, 0.15) is 24.1 Å². The van der Waals surface area contributed by atoms with Crippen molar-refractivity contribution in [3.63, 3.8) is 0 Å². The number of aryl methyl sites for hydroxylation is 1. The van der Waals surface area contributed by atoms with Gasteiger partial charge in [-0.05, 0) is 44.0 Å². The summed E-state index contributed by atoms with van der Waals surface area (Å²) < 4.78 is 18.8. The molecule has 0 spiro atoms. The Morgan fingerprint density at radius 1 is 1.09 bits per heavy atom. The van der Waals surface area contributed by atoms with Crippen LogP contribution in [0, 0.1) is 12.8 Å². The van der Waals surface area contributed by atoms with E-state index in [9.17, 15) is 4.79 Å². The number of benzene rings is 2. The third-order valence-corrected chi connectivity index (χ3v) is 5.55. The van der Waals surface area contributed by atoms with Crippen molar-refractivity contribution in [2.24, 2.45) is 5.92 Å². The number of para-hydroxylation sites is 1. The lowest BCUT2D eigenvalue weighted by Crippen LogP contribution is -2.34. The van der Waals surface area contributed by atoms with E-state index in [0.29, 0.717) is 37.1 Å². The van der Waals surface area contributed by atoms with Crippen LogP contribution in [-0.2, 0) is 16.1 Å². The van der Waals surface area contributed by atoms with E-state index in [1.165, 1.54) is 0 Å². The minimum atomic E-state index is 0.124. The molecule has 2 aromatic carbocycles. The van der Waals surface area contributed by atoms with Crippen LogP contribution in [0.25, 0.3) is 5.69 Å². The average molecular weight is 436 g/mol. The van der Waals surface area contributed by atoms with E-state index in [4.69, 9.17) is 19.3 Å². The summed E-state index contributed by atoms with van der Waals surface area (Å²) in [6, 6.07) is 17.3. The highest BCUT2D eigenvalue weighted by atomic mass is 16.5. The molecular weight excluding hydrogens is 406 g/mol. The van der Waals surface area contributed by atoms with Gasteiger partial charge in [-0.3, -0.25) is 4.79 Å². The zero-order chi connectivity index (χ0) is 22.5. The number of aromatic nitrogens is 2. The summed E-state index contributed by atoms with van der Waals surface area (Å²) in [4.78, 5) is 14.8. The molecule has 7 nitrogen and oxygen atoms in total. The molecule has 32 heavy (non-hydrogen) atoms. The Bertz CT molecular complexity index is 1060. The van der Waals surface area contributed by atoms with Crippen molar-refractivity contribution < 1.29 is 19.0 Å². The molecule has 0 bridgehead atoms. The van der Waals surface area contributed by atoms with Gasteiger partial charge in [-0.1, -0.05) is 24.3 Å². The van der Waals surface area contributed by atoms with Crippen LogP contribution in [0.3, 0.4) is 0 Å². The van der Waals surface area contributed by atoms with Crippen LogP contribution in [0.4, 0.5) is 0 Å². The number of amides is 1. The fourth-order valence-electron chi connectivity index (χ4n) is 3.59. The Kier molecular flexibility index (Phi) is 6.75. The van der Waals surface area contributed by atoms with Crippen LogP contribution in [0.5, 0.6) is 17.4 Å². The molecule has 0 atom stereocenters. The van der Waals surface area contributed by atoms with Crippen molar-refractivity contribution in [3.8, 4) is 23.1 Å². The molecule has 1 amide bonds. The fourth-order valence-corrected chi connectivity index (χ4v) is 3.59. The molecule has 3 aromatic rings. The topological polar surface area (TPSA) is 65.8 Å². The van der Waals surface area contributed by atoms with E-state index in [1.807, 2.05) is 66.4 Å². The molecule has 0 unspecified atom stereocenters. The maximum atomic E-state index is 12.9. The summed E-state index contributed by atoms with van der Waals surface area (Å²) >= 11 is 0. The quantitative estimate of drug-likeness (QED) is 0.473. The standard InChI is InChI=1S/C25H29N3O4/c1-18-23(17-27(14-15-30-2)24(29)19-12-13-19)25(28(26-18)20-8-5-4-6-9-20)32-22-11-7-10-21(16-22)31-3/h4-11,16,19H,12-15,17H2,1-3H3. The first-order valence-electron chi connectivity index (χ1n) is 10.8. The van der Waals surface area contributed by atoms with Crippen molar-refractivity contribution in [1.29, 1.82) is 0 Å². The predicted molar refractivity (Wildman–Crippen MR) is 121 cm³/mol. The molecule has 0 N–H and O–H groups in total. The summed E-state index contributed by atoms with van der Waals surface area (Å²) in [6.45, 7) is 3.37. The molecule has 1 heterocycles. The van der Waals surface area contributed by atoms with E-state index in [2.05, 4.69) is 0 Å². The van der Waals surface area contributed by atoms with Gasteiger partial charge in [-0.15, -0.1) is 0 Å². The van der Waals surface area contributed by atoms with Crippen LogP contribution in [0.2, 0.25) is 0 Å². The maximum Gasteiger partial charge on any atom is 0.227 e. The van der Waals surface area contributed by atoms with Crippen molar-refractivity contribution >= 4 is 5.91 Å². The van der Waals surface area contributed by atoms with Crippen LogP contribution >= 0.6 is 0 Å². The van der Waals surface area contributed by atoms with Gasteiger partial charge in [0, 0.05) is 25.6 Å². The number of rotatable bonds is 10. The fraction of sp³-hybridized carbons (Fsp3) is 0.360. The van der Waals surface area contributed by atoms with Crippen molar-refractivity contribution in [2.45, 2.75) is 26.3 Å². The lowest BCUT2D eigenvalue weighted by Gasteiger charge is -2.23. The molecular formula is C25H29N3O4. The second kappa shape index (κ2) is 9.87. The second-order valence-corrected chi connectivity index (χ2v) is 7.92. The van der Waals surface area contributed by atoms with Gasteiger partial charge < -0.3 is 19.1 Å².